The maximum atomic E-state index is 12.9. The van der Waals surface area contributed by atoms with Crippen LogP contribution < -0.4 is 10.6 Å². The van der Waals surface area contributed by atoms with Crippen LogP contribution in [0.1, 0.15) is 30.5 Å². The zero-order valence-electron chi connectivity index (χ0n) is 16.4. The Morgan fingerprint density at radius 1 is 1.17 bits per heavy atom. The van der Waals surface area contributed by atoms with Gasteiger partial charge in [0.05, 0.1) is 5.57 Å². The third kappa shape index (κ3) is 4.80. The monoisotopic (exact) mass is 427 g/mol. The van der Waals surface area contributed by atoms with Gasteiger partial charge >= 0.3 is 18.0 Å². The number of amides is 4. The average Bonchev–Trinajstić information content (AvgIpc) is 2.71. The quantitative estimate of drug-likeness (QED) is 0.604. The second-order valence-corrected chi connectivity index (χ2v) is 7.36. The van der Waals surface area contributed by atoms with Crippen LogP contribution in [-0.2, 0) is 11.2 Å². The van der Waals surface area contributed by atoms with E-state index in [0.29, 0.717) is 23.6 Å². The average molecular weight is 428 g/mol. The number of carbonyl (C=O) groups is 3. The fourth-order valence-corrected chi connectivity index (χ4v) is 3.64. The van der Waals surface area contributed by atoms with Crippen LogP contribution in [0.15, 0.2) is 65.9 Å². The Morgan fingerprint density at radius 3 is 2.57 bits per heavy atom. The Kier molecular flexibility index (Phi) is 6.74. The van der Waals surface area contributed by atoms with Crippen LogP contribution in [0.2, 0.25) is 5.02 Å². The number of hydrogen-bond acceptors (Lipinski definition) is 3. The maximum absolute atomic E-state index is 12.9. The lowest BCUT2D eigenvalue weighted by molar-refractivity contribution is -0.133. The summed E-state index contributed by atoms with van der Waals surface area (Å²) in [6.07, 6.45) is 1.44. The zero-order chi connectivity index (χ0) is 21.7. The molecule has 7 nitrogen and oxygen atoms in total. The van der Waals surface area contributed by atoms with E-state index in [1.807, 2.05) is 30.3 Å². The van der Waals surface area contributed by atoms with Gasteiger partial charge in [0.25, 0.3) is 0 Å². The summed E-state index contributed by atoms with van der Waals surface area (Å²) in [7, 11) is 0. The van der Waals surface area contributed by atoms with Crippen molar-refractivity contribution >= 4 is 29.6 Å². The number of nitrogens with zero attached hydrogens (tertiary/aromatic N) is 1. The fraction of sp³-hybridized carbons (Fsp3) is 0.227. The molecule has 1 atom stereocenters. The Morgan fingerprint density at radius 2 is 1.90 bits per heavy atom. The lowest BCUT2D eigenvalue weighted by Crippen LogP contribution is -2.54. The first kappa shape index (κ1) is 21.4. The standard InChI is InChI=1S/C22H22ClN3O4/c1-14-18(20(27)28)19(16-10-5-11-17(23)13-16)26(22(30)25-14)21(29)24-12-6-9-15-7-3-2-4-8-15/h2-5,7-8,10-11,13,19H,6,9,12H2,1H3,(H,24,29)(H,25,30)(H,27,28). The molecular weight excluding hydrogens is 406 g/mol. The third-order valence-corrected chi connectivity index (χ3v) is 5.06. The van der Waals surface area contributed by atoms with Crippen molar-refractivity contribution in [1.82, 2.24) is 15.5 Å². The zero-order valence-corrected chi connectivity index (χ0v) is 17.1. The summed E-state index contributed by atoms with van der Waals surface area (Å²) in [5.74, 6) is -1.22. The Bertz CT molecular complexity index is 991. The molecule has 3 N–H and O–H groups in total. The number of carbonyl (C=O) groups excluding carboxylic acids is 2. The molecule has 0 saturated heterocycles. The fourth-order valence-electron chi connectivity index (χ4n) is 3.44. The Balaban J connectivity index is 1.80. The lowest BCUT2D eigenvalue weighted by Gasteiger charge is -2.35. The molecule has 30 heavy (non-hydrogen) atoms. The molecule has 1 heterocycles. The van der Waals surface area contributed by atoms with Crippen LogP contribution in [-0.4, -0.2) is 34.6 Å². The van der Waals surface area contributed by atoms with Crippen molar-refractivity contribution in [2.45, 2.75) is 25.8 Å². The van der Waals surface area contributed by atoms with Gasteiger partial charge in [-0.25, -0.2) is 19.3 Å². The van der Waals surface area contributed by atoms with Gasteiger partial charge in [-0.1, -0.05) is 54.1 Å². The second-order valence-electron chi connectivity index (χ2n) is 6.92. The number of rotatable bonds is 6. The van der Waals surface area contributed by atoms with Crippen LogP contribution in [0, 0.1) is 0 Å². The highest BCUT2D eigenvalue weighted by Gasteiger charge is 2.41. The van der Waals surface area contributed by atoms with Crippen molar-refractivity contribution in [3.8, 4) is 0 Å². The molecule has 0 radical (unpaired) electrons. The minimum absolute atomic E-state index is 0.0868. The number of imide groups is 1. The summed E-state index contributed by atoms with van der Waals surface area (Å²) in [6, 6.07) is 13.9. The molecule has 1 aliphatic rings. The number of aryl methyl sites for hydroxylation is 1. The lowest BCUT2D eigenvalue weighted by atomic mass is 9.94. The SMILES string of the molecule is CC1=C(C(=O)O)C(c2cccc(Cl)c2)N(C(=O)NCCCc2ccccc2)C(=O)N1. The number of allylic oxidation sites excluding steroid dienone is 1. The van der Waals surface area contributed by atoms with E-state index in [-0.39, 0.29) is 11.3 Å². The number of halogens is 1. The molecule has 0 bridgehead atoms. The first-order chi connectivity index (χ1) is 14.4. The topological polar surface area (TPSA) is 98.7 Å². The van der Waals surface area contributed by atoms with Gasteiger partial charge < -0.3 is 15.7 Å². The van der Waals surface area contributed by atoms with Crippen LogP contribution in [0.25, 0.3) is 0 Å². The van der Waals surface area contributed by atoms with Crippen LogP contribution in [0.3, 0.4) is 0 Å². The Labute approximate surface area is 179 Å². The normalized spacial score (nSPS) is 16.3. The van der Waals surface area contributed by atoms with Gasteiger partial charge in [-0.2, -0.15) is 0 Å². The first-order valence-corrected chi connectivity index (χ1v) is 9.87. The number of nitrogens with one attached hydrogen (secondary N) is 2. The van der Waals surface area contributed by atoms with Crippen molar-refractivity contribution < 1.29 is 19.5 Å². The number of aliphatic carboxylic acids is 1. The van der Waals surface area contributed by atoms with Crippen LogP contribution in [0.4, 0.5) is 9.59 Å². The van der Waals surface area contributed by atoms with Crippen molar-refractivity contribution in [2.24, 2.45) is 0 Å². The first-order valence-electron chi connectivity index (χ1n) is 9.50. The van der Waals surface area contributed by atoms with E-state index in [9.17, 15) is 19.5 Å². The predicted octanol–water partition coefficient (Wildman–Crippen LogP) is 4.11. The molecule has 2 aromatic carbocycles. The van der Waals surface area contributed by atoms with Gasteiger partial charge in [0.15, 0.2) is 0 Å². The minimum Gasteiger partial charge on any atom is -0.478 e. The molecule has 8 heteroatoms. The number of carboxylic acids is 1. The smallest absolute Gasteiger partial charge is 0.335 e. The number of hydrogen-bond donors (Lipinski definition) is 3. The molecule has 1 aliphatic heterocycles. The van der Waals surface area contributed by atoms with E-state index in [1.165, 1.54) is 6.92 Å². The van der Waals surface area contributed by atoms with Gasteiger partial charge in [-0.15, -0.1) is 0 Å². The van der Waals surface area contributed by atoms with Gasteiger partial charge in [-0.05, 0) is 43.0 Å². The summed E-state index contributed by atoms with van der Waals surface area (Å²) in [5.41, 5.74) is 1.68. The van der Waals surface area contributed by atoms with E-state index in [0.717, 1.165) is 16.9 Å². The Hall–Kier alpha value is -3.32. The molecule has 0 saturated carbocycles. The van der Waals surface area contributed by atoms with Gasteiger partial charge in [0.1, 0.15) is 6.04 Å². The van der Waals surface area contributed by atoms with E-state index < -0.39 is 24.1 Å². The molecule has 0 spiro atoms. The van der Waals surface area contributed by atoms with Crippen molar-refractivity contribution in [2.75, 3.05) is 6.54 Å². The van der Waals surface area contributed by atoms with Gasteiger partial charge in [-0.3, -0.25) is 0 Å². The molecule has 3 rings (SSSR count). The molecule has 4 amide bonds. The van der Waals surface area contributed by atoms with E-state index in [4.69, 9.17) is 11.6 Å². The molecule has 156 valence electrons. The van der Waals surface area contributed by atoms with Crippen LogP contribution >= 0.6 is 11.6 Å². The molecular formula is C22H22ClN3O4. The molecule has 0 aromatic heterocycles. The van der Waals surface area contributed by atoms with Crippen molar-refractivity contribution in [3.63, 3.8) is 0 Å². The summed E-state index contributed by atoms with van der Waals surface area (Å²) in [5, 5.41) is 15.3. The number of urea groups is 2. The summed E-state index contributed by atoms with van der Waals surface area (Å²) < 4.78 is 0. The number of carboxylic acid groups (broad SMARTS) is 1. The van der Waals surface area contributed by atoms with Gasteiger partial charge in [0, 0.05) is 17.3 Å². The largest absolute Gasteiger partial charge is 0.478 e. The highest BCUT2D eigenvalue weighted by Crippen LogP contribution is 2.34. The second kappa shape index (κ2) is 9.45. The predicted molar refractivity (Wildman–Crippen MR) is 113 cm³/mol. The van der Waals surface area contributed by atoms with E-state index in [2.05, 4.69) is 10.6 Å². The maximum Gasteiger partial charge on any atom is 0.335 e. The van der Waals surface area contributed by atoms with Crippen LogP contribution in [0.5, 0.6) is 0 Å². The van der Waals surface area contributed by atoms with Crippen molar-refractivity contribution in [3.05, 3.63) is 82.0 Å². The molecule has 0 aliphatic carbocycles. The molecule has 1 unspecified atom stereocenters. The summed E-state index contributed by atoms with van der Waals surface area (Å²) >= 11 is 6.07. The van der Waals surface area contributed by atoms with E-state index >= 15 is 0 Å². The van der Waals surface area contributed by atoms with Gasteiger partial charge in [0.2, 0.25) is 0 Å². The summed E-state index contributed by atoms with van der Waals surface area (Å²) in [4.78, 5) is 38.3. The summed E-state index contributed by atoms with van der Waals surface area (Å²) in [6.45, 7) is 1.83. The number of benzene rings is 2. The van der Waals surface area contributed by atoms with Crippen molar-refractivity contribution in [1.29, 1.82) is 0 Å². The molecule has 0 fully saturated rings. The highest BCUT2D eigenvalue weighted by atomic mass is 35.5. The minimum atomic E-state index is -1.22. The molecule has 2 aromatic rings. The third-order valence-electron chi connectivity index (χ3n) is 4.82. The van der Waals surface area contributed by atoms with E-state index in [1.54, 1.807) is 24.3 Å². The highest BCUT2D eigenvalue weighted by molar-refractivity contribution is 6.30.